The largest absolute Gasteiger partial charge is 0.394 e. The first-order valence-corrected chi connectivity index (χ1v) is 38.2. The fourth-order valence-corrected chi connectivity index (χ4v) is 13.5. The van der Waals surface area contributed by atoms with E-state index in [0.717, 1.165) is 11.8 Å². The van der Waals surface area contributed by atoms with Crippen molar-refractivity contribution < 1.29 is 72.5 Å². The van der Waals surface area contributed by atoms with Crippen LogP contribution in [0.3, 0.4) is 0 Å². The van der Waals surface area contributed by atoms with Crippen molar-refractivity contribution in [2.24, 2.45) is 45.7 Å². The number of benzene rings is 3. The van der Waals surface area contributed by atoms with Crippen molar-refractivity contribution in [1.82, 2.24) is 78.8 Å². The molecular weight excluding hydrogens is 1450 g/mol. The molecule has 1 saturated heterocycles. The predicted octanol–water partition coefficient (Wildman–Crippen LogP) is -2.25. The van der Waals surface area contributed by atoms with Crippen LogP contribution in [0.15, 0.2) is 96.4 Å². The third-order valence-electron chi connectivity index (χ3n) is 19.2. The van der Waals surface area contributed by atoms with Gasteiger partial charge in [0.15, 0.2) is 5.96 Å². The molecule has 36 heteroatoms. The number of aliphatic imine (C=N–C) groups is 1. The second-order valence-electron chi connectivity index (χ2n) is 28.3. The number of nitrogens with zero attached hydrogens (tertiary/aromatic N) is 1. The number of unbranched alkanes of at least 4 members (excludes halogenated alkanes) is 1. The number of primary amides is 1. The maximum absolute atomic E-state index is 15.1. The molecule has 3 aromatic carbocycles. The van der Waals surface area contributed by atoms with Gasteiger partial charge in [0.1, 0.15) is 66.5 Å². The fraction of sp³-hybridized carbons (Fsp3) is 0.493. The molecule has 111 heavy (non-hydrogen) atoms. The highest BCUT2D eigenvalue weighted by atomic mass is 32.2. The van der Waals surface area contributed by atoms with Gasteiger partial charge in [0.25, 0.3) is 0 Å². The summed E-state index contributed by atoms with van der Waals surface area (Å²) in [5, 5.41) is 55.4. The molecule has 1 fully saturated rings. The van der Waals surface area contributed by atoms with Gasteiger partial charge in [-0.1, -0.05) is 103 Å². The minimum atomic E-state index is -1.83. The zero-order valence-electron chi connectivity index (χ0n) is 63.3. The smallest absolute Gasteiger partial charge is 0.245 e. The first-order valence-electron chi connectivity index (χ1n) is 37.1. The molecule has 602 valence electrons. The molecule has 7 rings (SSSR count). The highest BCUT2D eigenvalue weighted by Crippen LogP contribution is 2.24. The predicted molar refractivity (Wildman–Crippen MR) is 417 cm³/mol. The average molecular weight is 1560 g/mol. The summed E-state index contributed by atoms with van der Waals surface area (Å²) in [6, 6.07) is 4.68. The van der Waals surface area contributed by atoms with Crippen molar-refractivity contribution in [3.05, 3.63) is 108 Å². The quantitative estimate of drug-likeness (QED) is 0.0206. The topological polar surface area (TPSA) is 571 Å². The number of hydrogen-bond acceptors (Lipinski definition) is 18. The van der Waals surface area contributed by atoms with E-state index in [1.54, 1.807) is 133 Å². The number of aliphatic hydroxyl groups is 2. The molecule has 0 saturated carbocycles. The van der Waals surface area contributed by atoms with E-state index in [1.165, 1.54) is 6.92 Å². The number of H-pyrrole nitrogens is 3. The van der Waals surface area contributed by atoms with Gasteiger partial charge in [0.2, 0.25) is 76.8 Å². The van der Waals surface area contributed by atoms with Crippen LogP contribution >= 0.6 is 11.8 Å². The molecule has 1 aliphatic rings. The highest BCUT2D eigenvalue weighted by molar-refractivity contribution is 8.00. The van der Waals surface area contributed by atoms with E-state index >= 15 is 14.4 Å². The lowest BCUT2D eigenvalue weighted by molar-refractivity contribution is -0.137. The number of amides is 13. The molecule has 13 atom stereocenters. The van der Waals surface area contributed by atoms with Crippen LogP contribution in [0.5, 0.6) is 0 Å². The molecule has 3 aromatic heterocycles. The molecule has 13 amide bonds. The lowest BCUT2D eigenvalue weighted by atomic mass is 9.96. The number of aliphatic hydroxyl groups excluding tert-OH is 2. The number of fused-ring (bicyclic) bond motifs is 3. The van der Waals surface area contributed by atoms with Gasteiger partial charge in [-0.2, -0.15) is 0 Å². The minimum absolute atomic E-state index is 0.0274. The van der Waals surface area contributed by atoms with Gasteiger partial charge in [-0.3, -0.25) is 67.3 Å². The molecule has 0 spiro atoms. The van der Waals surface area contributed by atoms with E-state index in [0.29, 0.717) is 55.8 Å². The summed E-state index contributed by atoms with van der Waals surface area (Å²) in [5.41, 5.74) is 26.8. The standard InChI is InChI=1S/C75H106N20O15S/c1-8-40(6)62-73(109)90-56(35-96)65(101)84-34-58(98)85-51(24-15-16-26-76)67(103)95-63(41(7)97)74(110)89-55(30-44-33-83-50-23-14-11-20-47(44)50)70(106)92-60(38(2)3)71(107)87-52(25-17-27-80-75(78)79)66(102)88-54(29-43-32-82-49-22-13-10-19-46(43)49)69(105)93-61(39(4)5)72(108)91-57(64(77)100)36-111-37-59(99)86-53(68(104)94-62)28-42-31-81-48-21-12-9-18-45(42)48/h9-14,18-23,31-33,38-41,51-57,60-63,81-83,96-97H,8,15-17,24-30,34-37,76H2,1-7H3,(H2,77,100)(H,84,101)(H,85,98)(H,86,99)(H,87,107)(H,88,102)(H,89,110)(H,90,109)(H,91,108)(H,92,106)(H,93,105)(H,94,104)(H,95,103)(H4,78,79,80)/t40-,41+,51-,52-,53-,54-,55-,56-,57-,60-,61-,62-,63-/m0/s1. The molecule has 0 unspecified atom stereocenters. The Hall–Kier alpha value is -11.1. The monoisotopic (exact) mass is 1560 g/mol. The normalized spacial score (nSPS) is 23.7. The molecule has 0 radical (unpaired) electrons. The van der Waals surface area contributed by atoms with Crippen molar-refractivity contribution in [2.75, 3.05) is 37.7 Å². The van der Waals surface area contributed by atoms with E-state index < -0.39 is 186 Å². The summed E-state index contributed by atoms with van der Waals surface area (Å²) in [5.74, 6) is -15.2. The Morgan fingerprint density at radius 3 is 1.34 bits per heavy atom. The van der Waals surface area contributed by atoms with Gasteiger partial charge < -0.3 is 112 Å². The summed E-state index contributed by atoms with van der Waals surface area (Å²) in [7, 11) is 0. The van der Waals surface area contributed by atoms with E-state index in [-0.39, 0.29) is 76.2 Å². The maximum Gasteiger partial charge on any atom is 0.245 e. The van der Waals surface area contributed by atoms with Crippen molar-refractivity contribution in [3.8, 4) is 0 Å². The van der Waals surface area contributed by atoms with Crippen LogP contribution in [0.1, 0.15) is 104 Å². The van der Waals surface area contributed by atoms with Crippen molar-refractivity contribution in [2.45, 2.75) is 179 Å². The Bertz CT molecular complexity index is 4290. The third-order valence-corrected chi connectivity index (χ3v) is 20.2. The number of carbonyl (C=O) groups excluding carboxylic acids is 13. The first-order chi connectivity index (χ1) is 52.9. The van der Waals surface area contributed by atoms with Crippen molar-refractivity contribution in [3.63, 3.8) is 0 Å². The number of guanidine groups is 1. The number of aromatic amines is 3. The summed E-state index contributed by atoms with van der Waals surface area (Å²) >= 11 is 0.863. The molecule has 4 heterocycles. The van der Waals surface area contributed by atoms with Gasteiger partial charge >= 0.3 is 0 Å². The van der Waals surface area contributed by atoms with E-state index in [9.17, 15) is 58.2 Å². The van der Waals surface area contributed by atoms with Gasteiger partial charge in [-0.05, 0) is 98.2 Å². The molecular formula is C75H106N20O15S. The van der Waals surface area contributed by atoms with Crippen LogP contribution in [-0.2, 0) is 81.6 Å². The van der Waals surface area contributed by atoms with Crippen LogP contribution < -0.4 is 86.7 Å². The van der Waals surface area contributed by atoms with Crippen LogP contribution in [0, 0.1) is 17.8 Å². The Morgan fingerprint density at radius 2 is 0.874 bits per heavy atom. The third kappa shape index (κ3) is 25.2. The second-order valence-corrected chi connectivity index (χ2v) is 29.4. The molecule has 6 aromatic rings. The van der Waals surface area contributed by atoms with Crippen LogP contribution in [-0.4, -0.2) is 218 Å². The Labute approximate surface area is 645 Å². The number of thioether (sulfide) groups is 1. The Morgan fingerprint density at radius 1 is 0.477 bits per heavy atom. The number of para-hydroxylation sites is 3. The first kappa shape index (κ1) is 87.1. The second kappa shape index (κ2) is 42.2. The number of nitrogens with one attached hydrogen (secondary N) is 15. The van der Waals surface area contributed by atoms with Gasteiger partial charge in [0, 0.05) is 82.9 Å². The lowest BCUT2D eigenvalue weighted by Gasteiger charge is -2.30. The molecule has 0 aliphatic carbocycles. The van der Waals surface area contributed by atoms with E-state index in [4.69, 9.17) is 22.9 Å². The maximum atomic E-state index is 15.1. The molecule has 35 nitrogen and oxygen atoms in total. The van der Waals surface area contributed by atoms with E-state index in [1.807, 2.05) is 0 Å². The van der Waals surface area contributed by atoms with Crippen LogP contribution in [0.4, 0.5) is 0 Å². The molecule has 0 bridgehead atoms. The molecule has 25 N–H and O–H groups in total. The van der Waals surface area contributed by atoms with Crippen LogP contribution in [0.2, 0.25) is 0 Å². The number of hydrogen-bond donors (Lipinski definition) is 21. The SMILES string of the molecule is CC[C@H](C)[C@@H]1NC(=O)[C@H](Cc2c[nH]c3ccccc23)NC(=O)CSC[C@@H](C(N)=O)NC(=O)[C@H](C(C)C)NC(=O)[C@H](Cc2c[nH]c3ccccc23)NC(=O)[C@H](CCCN=C(N)N)NC(=O)[C@H](C(C)C)NC(=O)[C@H](Cc2c[nH]c3ccccc23)NC(=O)[C@H]([C@@H](C)O)NC(=O)[C@H](CCCCN)NC(=O)CNC(=O)[C@H](CO)NC1=O. The summed E-state index contributed by atoms with van der Waals surface area (Å²) in [4.78, 5) is 201. The fourth-order valence-electron chi connectivity index (χ4n) is 12.7. The highest BCUT2D eigenvalue weighted by Gasteiger charge is 2.39. The lowest BCUT2D eigenvalue weighted by Crippen LogP contribution is -2.62. The summed E-state index contributed by atoms with van der Waals surface area (Å²) in [6.45, 7) is 9.32. The Kier molecular flexibility index (Phi) is 33.1. The van der Waals surface area contributed by atoms with Gasteiger partial charge in [-0.15, -0.1) is 11.8 Å². The van der Waals surface area contributed by atoms with Gasteiger partial charge in [-0.25, -0.2) is 0 Å². The number of carbonyl (C=O) groups is 13. The van der Waals surface area contributed by atoms with Crippen molar-refractivity contribution in [1.29, 1.82) is 0 Å². The minimum Gasteiger partial charge on any atom is -0.394 e. The van der Waals surface area contributed by atoms with Crippen molar-refractivity contribution >= 4 is 127 Å². The number of nitrogens with two attached hydrogens (primary N) is 4. The molecule has 1 aliphatic heterocycles. The average Bonchev–Trinajstić information content (AvgIpc) is 1.71. The summed E-state index contributed by atoms with van der Waals surface area (Å²) < 4.78 is 0. The summed E-state index contributed by atoms with van der Waals surface area (Å²) in [6.07, 6.45) is 3.38. The Balaban J connectivity index is 1.26. The van der Waals surface area contributed by atoms with Gasteiger partial charge in [0.05, 0.1) is 25.0 Å². The van der Waals surface area contributed by atoms with Crippen LogP contribution in [0.25, 0.3) is 32.7 Å². The number of aromatic nitrogens is 3. The zero-order valence-corrected chi connectivity index (χ0v) is 64.1. The van der Waals surface area contributed by atoms with E-state index in [2.05, 4.69) is 83.7 Å². The number of rotatable bonds is 21. The zero-order chi connectivity index (χ0) is 81.2.